The third-order valence-corrected chi connectivity index (χ3v) is 6.47. The highest BCUT2D eigenvalue weighted by Gasteiger charge is 2.30. The summed E-state index contributed by atoms with van der Waals surface area (Å²) in [6.45, 7) is 3.36. The summed E-state index contributed by atoms with van der Waals surface area (Å²) in [6, 6.07) is 20.5. The van der Waals surface area contributed by atoms with E-state index >= 15 is 0 Å². The van der Waals surface area contributed by atoms with E-state index in [0.29, 0.717) is 25.8 Å². The Balaban J connectivity index is 1.32. The van der Waals surface area contributed by atoms with Crippen LogP contribution in [0.1, 0.15) is 42.2 Å². The molecule has 35 heavy (non-hydrogen) atoms. The van der Waals surface area contributed by atoms with Crippen molar-refractivity contribution < 1.29 is 24.1 Å². The van der Waals surface area contributed by atoms with Gasteiger partial charge in [-0.25, -0.2) is 0 Å². The molecular formula is C27H25N3O5. The molecule has 2 aliphatic rings. The molecule has 2 N–H and O–H groups in total. The highest BCUT2D eigenvalue weighted by molar-refractivity contribution is 5.80. The van der Waals surface area contributed by atoms with Gasteiger partial charge < -0.3 is 24.6 Å². The lowest BCUT2D eigenvalue weighted by molar-refractivity contribution is -0.140. The Kier molecular flexibility index (Phi) is 5.30. The molecule has 178 valence electrons. The van der Waals surface area contributed by atoms with Crippen molar-refractivity contribution >= 4 is 22.7 Å². The summed E-state index contributed by atoms with van der Waals surface area (Å²) in [5, 5.41) is 12.7. The molecule has 0 bridgehead atoms. The first-order valence-corrected chi connectivity index (χ1v) is 11.7. The molecule has 1 aromatic heterocycles. The zero-order valence-corrected chi connectivity index (χ0v) is 19.2. The quantitative estimate of drug-likeness (QED) is 0.391. The fourth-order valence-corrected chi connectivity index (χ4v) is 4.93. The number of anilines is 1. The molecule has 0 saturated carbocycles. The zero-order valence-electron chi connectivity index (χ0n) is 19.2. The second-order valence-corrected chi connectivity index (χ2v) is 8.67. The summed E-state index contributed by atoms with van der Waals surface area (Å²) < 4.78 is 19.8. The van der Waals surface area contributed by atoms with E-state index in [1.165, 1.54) is 0 Å². The summed E-state index contributed by atoms with van der Waals surface area (Å²) in [5.74, 6) is -0.0566. The standard InChI is InChI=1S/C27H25N3O5/c1-2-33-27-29-20-7-3-4-8-22(20)30(27)23-9-5-6-19-21(15-35-26(19)23)28-17-10-11-18-16(12-17)14-34-24(18)13-25(31)32/h3-12,21,24,28H,2,13-15H2,1H3,(H,31,32)/t21-,24+/m1/s1. The normalized spacial score (nSPS) is 18.2. The number of nitrogens with zero attached hydrogens (tertiary/aromatic N) is 2. The molecule has 4 aromatic rings. The van der Waals surface area contributed by atoms with Crippen molar-refractivity contribution in [1.82, 2.24) is 9.55 Å². The van der Waals surface area contributed by atoms with Crippen LogP contribution in [0.15, 0.2) is 60.7 Å². The lowest BCUT2D eigenvalue weighted by Crippen LogP contribution is -2.12. The Morgan fingerprint density at radius 1 is 1.17 bits per heavy atom. The molecule has 2 atom stereocenters. The van der Waals surface area contributed by atoms with E-state index in [1.54, 1.807) is 0 Å². The number of imidazole rings is 1. The Labute approximate surface area is 202 Å². The van der Waals surface area contributed by atoms with Crippen molar-refractivity contribution in [2.45, 2.75) is 32.1 Å². The van der Waals surface area contributed by atoms with Crippen LogP contribution in [-0.2, 0) is 16.1 Å². The summed E-state index contributed by atoms with van der Waals surface area (Å²) in [7, 11) is 0. The van der Waals surface area contributed by atoms with Crippen molar-refractivity contribution in [3.05, 3.63) is 77.4 Å². The van der Waals surface area contributed by atoms with Crippen LogP contribution in [0.5, 0.6) is 11.8 Å². The van der Waals surface area contributed by atoms with E-state index in [9.17, 15) is 4.79 Å². The number of nitrogens with one attached hydrogen (secondary N) is 1. The van der Waals surface area contributed by atoms with E-state index in [-0.39, 0.29) is 18.6 Å². The molecule has 3 aromatic carbocycles. The van der Waals surface area contributed by atoms with Gasteiger partial charge in [-0.2, -0.15) is 4.98 Å². The number of benzene rings is 3. The minimum Gasteiger partial charge on any atom is -0.489 e. The lowest BCUT2D eigenvalue weighted by atomic mass is 10.0. The summed E-state index contributed by atoms with van der Waals surface area (Å²) in [6.07, 6.45) is -0.418. The number of fused-ring (bicyclic) bond motifs is 3. The third-order valence-electron chi connectivity index (χ3n) is 6.47. The molecule has 3 heterocycles. The highest BCUT2D eigenvalue weighted by Crippen LogP contribution is 2.42. The second kappa shape index (κ2) is 8.63. The number of carboxylic acid groups (broad SMARTS) is 1. The van der Waals surface area contributed by atoms with Gasteiger partial charge in [-0.15, -0.1) is 0 Å². The minimum atomic E-state index is -0.862. The molecule has 0 saturated heterocycles. The average molecular weight is 472 g/mol. The number of hydrogen-bond donors (Lipinski definition) is 2. The van der Waals surface area contributed by atoms with Gasteiger partial charge in [-0.05, 0) is 48.4 Å². The molecule has 8 heteroatoms. The number of aliphatic carboxylic acids is 1. The van der Waals surface area contributed by atoms with Gasteiger partial charge in [0.1, 0.15) is 12.4 Å². The molecule has 0 spiro atoms. The SMILES string of the molecule is CCOc1nc2ccccc2n1-c1cccc2c1OC[C@H]2Nc1ccc2c(c1)CO[C@H]2CC(=O)O. The Morgan fingerprint density at radius 3 is 2.91 bits per heavy atom. The lowest BCUT2D eigenvalue weighted by Gasteiger charge is -2.15. The van der Waals surface area contributed by atoms with E-state index in [1.807, 2.05) is 66.1 Å². The van der Waals surface area contributed by atoms with Crippen molar-refractivity contribution in [3.63, 3.8) is 0 Å². The Bertz CT molecular complexity index is 1430. The number of hydrogen-bond acceptors (Lipinski definition) is 6. The minimum absolute atomic E-state index is 0.0287. The third kappa shape index (κ3) is 3.76. The van der Waals surface area contributed by atoms with Crippen LogP contribution < -0.4 is 14.8 Å². The zero-order chi connectivity index (χ0) is 23.9. The molecule has 0 amide bonds. The number of carboxylic acids is 1. The molecule has 0 unspecified atom stereocenters. The monoisotopic (exact) mass is 471 g/mol. The van der Waals surface area contributed by atoms with Gasteiger partial charge in [0.2, 0.25) is 0 Å². The van der Waals surface area contributed by atoms with E-state index in [0.717, 1.165) is 44.8 Å². The maximum atomic E-state index is 11.1. The van der Waals surface area contributed by atoms with Gasteiger partial charge in [0.25, 0.3) is 0 Å². The maximum Gasteiger partial charge on any atom is 0.306 e. The molecule has 0 aliphatic carbocycles. The summed E-state index contributed by atoms with van der Waals surface area (Å²) in [5.41, 5.74) is 6.67. The first-order valence-electron chi connectivity index (χ1n) is 11.7. The van der Waals surface area contributed by atoms with Crippen LogP contribution in [0, 0.1) is 0 Å². The summed E-state index contributed by atoms with van der Waals surface area (Å²) >= 11 is 0. The second-order valence-electron chi connectivity index (χ2n) is 8.67. The smallest absolute Gasteiger partial charge is 0.306 e. The van der Waals surface area contributed by atoms with Gasteiger partial charge >= 0.3 is 12.0 Å². The number of para-hydroxylation sites is 3. The number of carbonyl (C=O) groups is 1. The predicted molar refractivity (Wildman–Crippen MR) is 130 cm³/mol. The van der Waals surface area contributed by atoms with Crippen LogP contribution in [0.25, 0.3) is 16.7 Å². The van der Waals surface area contributed by atoms with Crippen LogP contribution in [0.3, 0.4) is 0 Å². The van der Waals surface area contributed by atoms with E-state index < -0.39 is 5.97 Å². The fraction of sp³-hybridized carbons (Fsp3) is 0.259. The first-order chi connectivity index (χ1) is 17.1. The fourth-order valence-electron chi connectivity index (χ4n) is 4.93. The van der Waals surface area contributed by atoms with E-state index in [4.69, 9.17) is 19.3 Å². The molecule has 0 fully saturated rings. The summed E-state index contributed by atoms with van der Waals surface area (Å²) in [4.78, 5) is 15.8. The largest absolute Gasteiger partial charge is 0.489 e. The number of rotatable bonds is 7. The topological polar surface area (TPSA) is 94.8 Å². The number of aromatic nitrogens is 2. The van der Waals surface area contributed by atoms with Crippen LogP contribution >= 0.6 is 0 Å². The van der Waals surface area contributed by atoms with E-state index in [2.05, 4.69) is 16.4 Å². The van der Waals surface area contributed by atoms with Crippen LogP contribution in [0.4, 0.5) is 5.69 Å². The van der Waals surface area contributed by atoms with Crippen molar-refractivity contribution in [1.29, 1.82) is 0 Å². The molecular weight excluding hydrogens is 446 g/mol. The van der Waals surface area contributed by atoms with Gasteiger partial charge in [-0.1, -0.05) is 30.3 Å². The van der Waals surface area contributed by atoms with Crippen LogP contribution in [-0.4, -0.2) is 33.8 Å². The first kappa shape index (κ1) is 21.5. The van der Waals surface area contributed by atoms with Gasteiger partial charge in [0.15, 0.2) is 0 Å². The Hall–Kier alpha value is -4.04. The van der Waals surface area contributed by atoms with Gasteiger partial charge in [0, 0.05) is 11.3 Å². The molecule has 2 aliphatic heterocycles. The van der Waals surface area contributed by atoms with Crippen molar-refractivity contribution in [2.24, 2.45) is 0 Å². The highest BCUT2D eigenvalue weighted by atomic mass is 16.5. The van der Waals surface area contributed by atoms with Crippen LogP contribution in [0.2, 0.25) is 0 Å². The van der Waals surface area contributed by atoms with Crippen molar-refractivity contribution in [2.75, 3.05) is 18.5 Å². The molecule has 0 radical (unpaired) electrons. The molecule has 6 rings (SSSR count). The number of ether oxygens (including phenoxy) is 3. The average Bonchev–Trinajstić information content (AvgIpc) is 3.54. The maximum absolute atomic E-state index is 11.1. The van der Waals surface area contributed by atoms with Gasteiger partial charge in [0.05, 0.1) is 48.5 Å². The predicted octanol–water partition coefficient (Wildman–Crippen LogP) is 5.02. The molecule has 8 nitrogen and oxygen atoms in total. The van der Waals surface area contributed by atoms with Gasteiger partial charge in [-0.3, -0.25) is 9.36 Å². The van der Waals surface area contributed by atoms with Crippen molar-refractivity contribution in [3.8, 4) is 17.4 Å². The Morgan fingerprint density at radius 2 is 2.06 bits per heavy atom.